The Bertz CT molecular complexity index is 590. The Kier molecular flexibility index (Phi) is 4.06. The van der Waals surface area contributed by atoms with Crippen molar-refractivity contribution in [2.24, 2.45) is 5.84 Å². The third-order valence-electron chi connectivity index (χ3n) is 3.65. The number of nitrogens with zero attached hydrogens (tertiary/aromatic N) is 3. The molecule has 0 aromatic carbocycles. The highest BCUT2D eigenvalue weighted by atomic mass is 35.5. The van der Waals surface area contributed by atoms with Gasteiger partial charge in [-0.05, 0) is 26.0 Å². The van der Waals surface area contributed by atoms with Crippen LogP contribution in [0.15, 0.2) is 12.1 Å². The summed E-state index contributed by atoms with van der Waals surface area (Å²) < 4.78 is 0. The fourth-order valence-corrected chi connectivity index (χ4v) is 2.56. The minimum absolute atomic E-state index is 0.0811. The van der Waals surface area contributed by atoms with E-state index in [0.717, 1.165) is 0 Å². The smallest absolute Gasteiger partial charge is 0.275 e. The van der Waals surface area contributed by atoms with Crippen LogP contribution in [0.1, 0.15) is 24.3 Å². The zero-order valence-electron chi connectivity index (χ0n) is 12.2. The Morgan fingerprint density at radius 2 is 2.10 bits per heavy atom. The fraction of sp³-hybridized carbons (Fsp3) is 0.462. The first-order valence-corrected chi connectivity index (χ1v) is 6.87. The van der Waals surface area contributed by atoms with Crippen molar-refractivity contribution in [2.45, 2.75) is 19.4 Å². The first-order chi connectivity index (χ1) is 9.78. The number of nitrogens with two attached hydrogens (primary N) is 1. The summed E-state index contributed by atoms with van der Waals surface area (Å²) in [4.78, 5) is 32.1. The lowest BCUT2D eigenvalue weighted by Gasteiger charge is -2.44. The number of nitrogen functional groups attached to an aromatic ring is 1. The number of hydrogen-bond acceptors (Lipinski definition) is 5. The van der Waals surface area contributed by atoms with E-state index in [-0.39, 0.29) is 22.5 Å². The molecule has 3 N–H and O–H groups in total. The number of hydrazine groups is 1. The second-order valence-electron chi connectivity index (χ2n) is 5.41. The maximum atomic E-state index is 12.7. The number of amides is 2. The first kappa shape index (κ1) is 15.5. The van der Waals surface area contributed by atoms with Gasteiger partial charge in [-0.15, -0.1) is 0 Å². The number of halogens is 1. The summed E-state index contributed by atoms with van der Waals surface area (Å²) in [6.45, 7) is 4.32. The van der Waals surface area contributed by atoms with E-state index in [1.807, 2.05) is 0 Å². The van der Waals surface area contributed by atoms with Crippen molar-refractivity contribution >= 4 is 29.2 Å². The molecule has 1 fully saturated rings. The second kappa shape index (κ2) is 5.50. The summed E-state index contributed by atoms with van der Waals surface area (Å²) in [6.07, 6.45) is 0. The monoisotopic (exact) mass is 311 g/mol. The minimum Gasteiger partial charge on any atom is -0.342 e. The van der Waals surface area contributed by atoms with Gasteiger partial charge >= 0.3 is 0 Å². The van der Waals surface area contributed by atoms with Gasteiger partial charge in [0.15, 0.2) is 0 Å². The molecule has 1 aromatic heterocycles. The minimum atomic E-state index is -0.943. The number of aromatic nitrogens is 1. The van der Waals surface area contributed by atoms with Gasteiger partial charge in [-0.3, -0.25) is 9.59 Å². The highest BCUT2D eigenvalue weighted by Crippen LogP contribution is 2.26. The number of pyridine rings is 1. The molecule has 0 saturated carbocycles. The molecular weight excluding hydrogens is 294 g/mol. The molecule has 0 radical (unpaired) electrons. The van der Waals surface area contributed by atoms with Crippen LogP contribution in [0.3, 0.4) is 0 Å². The molecule has 8 heteroatoms. The highest BCUT2D eigenvalue weighted by Gasteiger charge is 2.43. The summed E-state index contributed by atoms with van der Waals surface area (Å²) in [7, 11) is 1.72. The average Bonchev–Trinajstić information content (AvgIpc) is 2.45. The predicted octanol–water partition coefficient (Wildman–Crippen LogP) is 0.713. The summed E-state index contributed by atoms with van der Waals surface area (Å²) >= 11 is 6.05. The van der Waals surface area contributed by atoms with Gasteiger partial charge in [0.2, 0.25) is 5.91 Å². The number of nitrogens with one attached hydrogen (secondary N) is 1. The molecule has 1 aliphatic rings. The van der Waals surface area contributed by atoms with E-state index in [0.29, 0.717) is 18.9 Å². The number of carbonyl (C=O) groups excluding carboxylic acids is 2. The van der Waals surface area contributed by atoms with Gasteiger partial charge < -0.3 is 15.2 Å². The van der Waals surface area contributed by atoms with Crippen LogP contribution in [-0.2, 0) is 4.79 Å². The Hall–Kier alpha value is -1.86. The number of likely N-dealkylation sites (N-methyl/N-ethyl adjacent to an activating group) is 1. The van der Waals surface area contributed by atoms with Crippen molar-refractivity contribution in [3.8, 4) is 0 Å². The Labute approximate surface area is 128 Å². The van der Waals surface area contributed by atoms with E-state index in [1.54, 1.807) is 37.9 Å². The van der Waals surface area contributed by atoms with Crippen molar-refractivity contribution in [1.29, 1.82) is 0 Å². The molecule has 2 rings (SSSR count). The molecule has 0 unspecified atom stereocenters. The Balaban J connectivity index is 2.38. The van der Waals surface area contributed by atoms with Gasteiger partial charge in [0.25, 0.3) is 5.91 Å². The SMILES string of the molecule is CN1CCN(C(=O)c2nc(NN)ccc2Cl)C(C)(C)C1=O. The first-order valence-electron chi connectivity index (χ1n) is 6.49. The van der Waals surface area contributed by atoms with Crippen LogP contribution in [0.4, 0.5) is 5.82 Å². The van der Waals surface area contributed by atoms with E-state index in [4.69, 9.17) is 17.4 Å². The van der Waals surface area contributed by atoms with Crippen LogP contribution in [0.5, 0.6) is 0 Å². The number of carbonyl (C=O) groups is 2. The van der Waals surface area contributed by atoms with Crippen molar-refractivity contribution in [3.05, 3.63) is 22.8 Å². The van der Waals surface area contributed by atoms with E-state index in [1.165, 1.54) is 4.90 Å². The van der Waals surface area contributed by atoms with Crippen molar-refractivity contribution in [3.63, 3.8) is 0 Å². The third kappa shape index (κ3) is 2.66. The molecule has 2 heterocycles. The molecular formula is C13H18ClN5O2. The molecule has 1 saturated heterocycles. The average molecular weight is 312 g/mol. The van der Waals surface area contributed by atoms with E-state index >= 15 is 0 Å². The number of anilines is 1. The Morgan fingerprint density at radius 1 is 1.43 bits per heavy atom. The molecule has 0 atom stereocenters. The maximum absolute atomic E-state index is 12.7. The molecule has 7 nitrogen and oxygen atoms in total. The lowest BCUT2D eigenvalue weighted by atomic mass is 9.97. The molecule has 21 heavy (non-hydrogen) atoms. The van der Waals surface area contributed by atoms with Crippen LogP contribution in [0.25, 0.3) is 0 Å². The molecule has 0 bridgehead atoms. The molecule has 2 amide bonds. The lowest BCUT2D eigenvalue weighted by molar-refractivity contribution is -0.144. The van der Waals surface area contributed by atoms with Crippen LogP contribution in [-0.4, -0.2) is 52.3 Å². The van der Waals surface area contributed by atoms with Crippen molar-refractivity contribution in [1.82, 2.24) is 14.8 Å². The van der Waals surface area contributed by atoms with E-state index in [9.17, 15) is 9.59 Å². The zero-order chi connectivity index (χ0) is 15.8. The van der Waals surface area contributed by atoms with Gasteiger partial charge in [0.05, 0.1) is 5.02 Å². The number of hydrogen-bond donors (Lipinski definition) is 2. The molecule has 0 spiro atoms. The molecule has 114 valence electrons. The predicted molar refractivity (Wildman–Crippen MR) is 79.8 cm³/mol. The fourth-order valence-electron chi connectivity index (χ4n) is 2.37. The lowest BCUT2D eigenvalue weighted by Crippen LogP contribution is -2.63. The normalized spacial score (nSPS) is 17.9. The quantitative estimate of drug-likeness (QED) is 0.620. The highest BCUT2D eigenvalue weighted by molar-refractivity contribution is 6.33. The number of rotatable bonds is 2. The summed E-state index contributed by atoms with van der Waals surface area (Å²) in [5.74, 6) is 5.13. The van der Waals surface area contributed by atoms with E-state index in [2.05, 4.69) is 10.4 Å². The van der Waals surface area contributed by atoms with Crippen LogP contribution >= 0.6 is 11.6 Å². The van der Waals surface area contributed by atoms with Crippen LogP contribution in [0, 0.1) is 0 Å². The largest absolute Gasteiger partial charge is 0.342 e. The van der Waals surface area contributed by atoms with Gasteiger partial charge in [-0.1, -0.05) is 11.6 Å². The molecule has 0 aliphatic carbocycles. The molecule has 1 aromatic rings. The standard InChI is InChI=1S/C13H18ClN5O2/c1-13(2)12(21)18(3)6-7-19(13)11(20)10-8(14)4-5-9(16-10)17-15/h4-5H,6-7,15H2,1-3H3,(H,16,17). The van der Waals surface area contributed by atoms with Crippen LogP contribution in [0.2, 0.25) is 5.02 Å². The summed E-state index contributed by atoms with van der Waals surface area (Å²) in [6, 6.07) is 3.11. The van der Waals surface area contributed by atoms with Crippen LogP contribution < -0.4 is 11.3 Å². The zero-order valence-corrected chi connectivity index (χ0v) is 12.9. The second-order valence-corrected chi connectivity index (χ2v) is 5.82. The Morgan fingerprint density at radius 3 is 2.71 bits per heavy atom. The van der Waals surface area contributed by atoms with Gasteiger partial charge in [-0.25, -0.2) is 10.8 Å². The van der Waals surface area contributed by atoms with Gasteiger partial charge in [0, 0.05) is 20.1 Å². The summed E-state index contributed by atoms with van der Waals surface area (Å²) in [5, 5.41) is 0.223. The maximum Gasteiger partial charge on any atom is 0.275 e. The molecule has 1 aliphatic heterocycles. The van der Waals surface area contributed by atoms with E-state index < -0.39 is 5.54 Å². The van der Waals surface area contributed by atoms with Crippen molar-refractivity contribution < 1.29 is 9.59 Å². The number of piperazine rings is 1. The van der Waals surface area contributed by atoms with Crippen molar-refractivity contribution in [2.75, 3.05) is 25.6 Å². The topological polar surface area (TPSA) is 91.6 Å². The van der Waals surface area contributed by atoms with Gasteiger partial charge in [0.1, 0.15) is 17.1 Å². The third-order valence-corrected chi connectivity index (χ3v) is 3.95. The summed E-state index contributed by atoms with van der Waals surface area (Å²) in [5.41, 5.74) is 1.51. The van der Waals surface area contributed by atoms with Gasteiger partial charge in [-0.2, -0.15) is 0 Å².